The zero-order valence-corrected chi connectivity index (χ0v) is 14.9. The van der Waals surface area contributed by atoms with Gasteiger partial charge in [-0.05, 0) is 54.0 Å². The van der Waals surface area contributed by atoms with Crippen LogP contribution < -0.4 is 10.1 Å². The minimum atomic E-state index is -0.643. The summed E-state index contributed by atoms with van der Waals surface area (Å²) < 4.78 is 12.2. The van der Waals surface area contributed by atoms with Crippen molar-refractivity contribution in [2.24, 2.45) is 0 Å². The van der Waals surface area contributed by atoms with Crippen molar-refractivity contribution in [2.45, 2.75) is 26.0 Å². The lowest BCUT2D eigenvalue weighted by Crippen LogP contribution is -2.37. The number of aromatic nitrogens is 1. The van der Waals surface area contributed by atoms with Crippen molar-refractivity contribution in [3.8, 4) is 5.75 Å². The van der Waals surface area contributed by atoms with Crippen molar-refractivity contribution < 1.29 is 13.9 Å². The Hall–Kier alpha value is -2.34. The van der Waals surface area contributed by atoms with Crippen LogP contribution in [0.1, 0.15) is 25.8 Å². The Bertz CT molecular complexity index is 829. The van der Waals surface area contributed by atoms with Crippen LogP contribution in [0.3, 0.4) is 0 Å². The van der Waals surface area contributed by atoms with E-state index in [1.54, 1.807) is 13.0 Å². The average molecular weight is 389 g/mol. The first-order chi connectivity index (χ1) is 11.5. The Labute approximate surface area is 148 Å². The molecule has 0 radical (unpaired) electrons. The molecule has 124 valence electrons. The van der Waals surface area contributed by atoms with E-state index >= 15 is 0 Å². The molecule has 0 fully saturated rings. The maximum atomic E-state index is 12.3. The number of hydrogen-bond acceptors (Lipinski definition) is 4. The molecule has 0 saturated carbocycles. The molecular weight excluding hydrogens is 372 g/mol. The van der Waals surface area contributed by atoms with Crippen LogP contribution in [0.15, 0.2) is 57.4 Å². The highest BCUT2D eigenvalue weighted by Crippen LogP contribution is 2.25. The van der Waals surface area contributed by atoms with E-state index in [0.717, 1.165) is 9.99 Å². The average Bonchev–Trinajstić information content (AvgIpc) is 3.01. The van der Waals surface area contributed by atoms with E-state index in [4.69, 9.17) is 9.15 Å². The normalized spacial score (nSPS) is 13.5. The highest BCUT2D eigenvalue weighted by molar-refractivity contribution is 9.10. The van der Waals surface area contributed by atoms with Crippen LogP contribution in [0.2, 0.25) is 0 Å². The van der Waals surface area contributed by atoms with Crippen molar-refractivity contribution in [1.82, 2.24) is 10.3 Å². The van der Waals surface area contributed by atoms with E-state index < -0.39 is 6.10 Å². The number of carbonyl (C=O) groups is 1. The standard InChI is InChI=1S/C18H17BrN2O3/c1-11(18-21-14-8-4-6-10-16(14)24-18)20-17(22)12(2)23-15-9-5-3-7-13(15)19/h3-12H,1-2H3,(H,20,22). The number of nitrogens with one attached hydrogen (secondary N) is 1. The zero-order valence-electron chi connectivity index (χ0n) is 13.3. The van der Waals surface area contributed by atoms with E-state index in [-0.39, 0.29) is 11.9 Å². The first kappa shape index (κ1) is 16.5. The van der Waals surface area contributed by atoms with Crippen LogP contribution in [-0.2, 0) is 4.79 Å². The summed E-state index contributed by atoms with van der Waals surface area (Å²) in [5, 5.41) is 2.86. The number of ether oxygens (including phenoxy) is 1. The van der Waals surface area contributed by atoms with Gasteiger partial charge in [0.15, 0.2) is 11.7 Å². The highest BCUT2D eigenvalue weighted by Gasteiger charge is 2.21. The van der Waals surface area contributed by atoms with Gasteiger partial charge < -0.3 is 14.5 Å². The second-order valence-corrected chi connectivity index (χ2v) is 6.29. The molecular formula is C18H17BrN2O3. The van der Waals surface area contributed by atoms with Crippen molar-refractivity contribution >= 4 is 32.9 Å². The summed E-state index contributed by atoms with van der Waals surface area (Å²) in [7, 11) is 0. The number of oxazole rings is 1. The molecule has 0 bridgehead atoms. The number of para-hydroxylation sites is 3. The molecule has 0 aliphatic heterocycles. The predicted molar refractivity (Wildman–Crippen MR) is 94.8 cm³/mol. The van der Waals surface area contributed by atoms with Gasteiger partial charge in [0.25, 0.3) is 5.91 Å². The number of halogens is 1. The number of rotatable bonds is 5. The molecule has 1 amide bonds. The van der Waals surface area contributed by atoms with Crippen LogP contribution in [0.4, 0.5) is 0 Å². The van der Waals surface area contributed by atoms with Gasteiger partial charge in [0.05, 0.1) is 4.47 Å². The number of carbonyl (C=O) groups excluding carboxylic acids is 1. The van der Waals surface area contributed by atoms with E-state index in [9.17, 15) is 4.79 Å². The molecule has 1 heterocycles. The smallest absolute Gasteiger partial charge is 0.261 e. The first-order valence-corrected chi connectivity index (χ1v) is 8.41. The number of nitrogens with zero attached hydrogens (tertiary/aromatic N) is 1. The minimum absolute atomic E-state index is 0.236. The molecule has 24 heavy (non-hydrogen) atoms. The van der Waals surface area contributed by atoms with Crippen molar-refractivity contribution in [3.05, 3.63) is 58.9 Å². The van der Waals surface area contributed by atoms with Gasteiger partial charge in [-0.3, -0.25) is 4.79 Å². The third-order valence-electron chi connectivity index (χ3n) is 3.55. The van der Waals surface area contributed by atoms with Gasteiger partial charge in [-0.15, -0.1) is 0 Å². The fourth-order valence-electron chi connectivity index (χ4n) is 2.25. The quantitative estimate of drug-likeness (QED) is 0.709. The van der Waals surface area contributed by atoms with Crippen LogP contribution in [0.5, 0.6) is 5.75 Å². The Balaban J connectivity index is 1.66. The van der Waals surface area contributed by atoms with Gasteiger partial charge in [-0.25, -0.2) is 4.98 Å². The van der Waals surface area contributed by atoms with E-state index in [0.29, 0.717) is 17.2 Å². The van der Waals surface area contributed by atoms with Crippen molar-refractivity contribution in [2.75, 3.05) is 0 Å². The first-order valence-electron chi connectivity index (χ1n) is 7.61. The molecule has 0 saturated heterocycles. The second-order valence-electron chi connectivity index (χ2n) is 5.44. The van der Waals surface area contributed by atoms with E-state index in [1.165, 1.54) is 0 Å². The molecule has 2 aromatic carbocycles. The topological polar surface area (TPSA) is 64.4 Å². The second kappa shape index (κ2) is 7.05. The van der Waals surface area contributed by atoms with Crippen molar-refractivity contribution in [1.29, 1.82) is 0 Å². The maximum Gasteiger partial charge on any atom is 0.261 e. The van der Waals surface area contributed by atoms with Crippen molar-refractivity contribution in [3.63, 3.8) is 0 Å². The summed E-state index contributed by atoms with van der Waals surface area (Å²) in [6.45, 7) is 3.53. The van der Waals surface area contributed by atoms with Crippen LogP contribution in [-0.4, -0.2) is 17.0 Å². The minimum Gasteiger partial charge on any atom is -0.480 e. The molecule has 3 rings (SSSR count). The molecule has 3 aromatic rings. The van der Waals surface area contributed by atoms with Gasteiger partial charge in [-0.2, -0.15) is 0 Å². The molecule has 0 aliphatic rings. The largest absolute Gasteiger partial charge is 0.480 e. The Morgan fingerprint density at radius 2 is 1.88 bits per heavy atom. The number of amides is 1. The van der Waals surface area contributed by atoms with Gasteiger partial charge in [0, 0.05) is 0 Å². The molecule has 2 unspecified atom stereocenters. The van der Waals surface area contributed by atoms with E-state index in [2.05, 4.69) is 26.2 Å². The number of hydrogen-bond donors (Lipinski definition) is 1. The zero-order chi connectivity index (χ0) is 17.1. The molecule has 6 heteroatoms. The van der Waals surface area contributed by atoms with Gasteiger partial charge >= 0.3 is 0 Å². The monoisotopic (exact) mass is 388 g/mol. The molecule has 0 spiro atoms. The van der Waals surface area contributed by atoms with Crippen LogP contribution >= 0.6 is 15.9 Å². The van der Waals surface area contributed by atoms with Crippen LogP contribution in [0.25, 0.3) is 11.1 Å². The summed E-state index contributed by atoms with van der Waals surface area (Å²) >= 11 is 3.40. The van der Waals surface area contributed by atoms with Crippen LogP contribution in [0, 0.1) is 0 Å². The third kappa shape index (κ3) is 3.59. The van der Waals surface area contributed by atoms with Gasteiger partial charge in [0.2, 0.25) is 5.89 Å². The maximum absolute atomic E-state index is 12.3. The molecule has 5 nitrogen and oxygen atoms in total. The lowest BCUT2D eigenvalue weighted by Gasteiger charge is -2.17. The lowest BCUT2D eigenvalue weighted by molar-refractivity contribution is -0.128. The predicted octanol–water partition coefficient (Wildman–Crippen LogP) is 4.24. The summed E-state index contributed by atoms with van der Waals surface area (Å²) in [6, 6.07) is 14.5. The van der Waals surface area contributed by atoms with Gasteiger partial charge in [0.1, 0.15) is 17.3 Å². The highest BCUT2D eigenvalue weighted by atomic mass is 79.9. The van der Waals surface area contributed by atoms with E-state index in [1.807, 2.05) is 49.4 Å². The Morgan fingerprint density at radius 1 is 1.17 bits per heavy atom. The fraction of sp³-hybridized carbons (Fsp3) is 0.222. The number of benzene rings is 2. The molecule has 2 atom stereocenters. The van der Waals surface area contributed by atoms with Gasteiger partial charge in [-0.1, -0.05) is 24.3 Å². The summed E-state index contributed by atoms with van der Waals surface area (Å²) in [5.74, 6) is 0.854. The lowest BCUT2D eigenvalue weighted by atomic mass is 10.3. The third-order valence-corrected chi connectivity index (χ3v) is 4.20. The summed E-state index contributed by atoms with van der Waals surface area (Å²) in [5.41, 5.74) is 1.47. The number of fused-ring (bicyclic) bond motifs is 1. The Morgan fingerprint density at radius 3 is 2.62 bits per heavy atom. The molecule has 0 aliphatic carbocycles. The molecule has 1 aromatic heterocycles. The molecule has 1 N–H and O–H groups in total. The fourth-order valence-corrected chi connectivity index (χ4v) is 2.63. The SMILES string of the molecule is CC(Oc1ccccc1Br)C(=O)NC(C)c1nc2ccccc2o1. The Kier molecular flexibility index (Phi) is 4.85. The summed E-state index contributed by atoms with van der Waals surface area (Å²) in [6.07, 6.45) is -0.643. The summed E-state index contributed by atoms with van der Waals surface area (Å²) in [4.78, 5) is 16.7.